The molecule has 19 heavy (non-hydrogen) atoms. The molecule has 0 aromatic rings. The summed E-state index contributed by atoms with van der Waals surface area (Å²) < 4.78 is 5.41. The lowest BCUT2D eigenvalue weighted by Gasteiger charge is -2.33. The number of ether oxygens (including phenoxy) is 1. The third-order valence-electron chi connectivity index (χ3n) is 3.51. The number of nitrogens with zero attached hydrogens (tertiary/aromatic N) is 2. The molecule has 0 radical (unpaired) electrons. The number of alkyl halides is 1. The molecule has 2 atom stereocenters. The second-order valence-electron chi connectivity index (χ2n) is 6.32. The summed E-state index contributed by atoms with van der Waals surface area (Å²) >= 11 is 5.59. The van der Waals surface area contributed by atoms with Crippen molar-refractivity contribution in [1.29, 1.82) is 0 Å². The van der Waals surface area contributed by atoms with Crippen molar-refractivity contribution in [2.24, 2.45) is 5.92 Å². The largest absolute Gasteiger partial charge is 0.444 e. The molecule has 2 bridgehead atoms. The van der Waals surface area contributed by atoms with Crippen molar-refractivity contribution < 1.29 is 14.3 Å². The molecule has 2 saturated heterocycles. The fourth-order valence-electron chi connectivity index (χ4n) is 2.79. The second kappa shape index (κ2) is 5.19. The number of carbonyl (C=O) groups is 2. The average Bonchev–Trinajstić information content (AvgIpc) is 2.61. The summed E-state index contributed by atoms with van der Waals surface area (Å²) in [6, 6.07) is 0.0702. The Morgan fingerprint density at radius 1 is 1.26 bits per heavy atom. The summed E-state index contributed by atoms with van der Waals surface area (Å²) in [5, 5.41) is 0. The van der Waals surface area contributed by atoms with Crippen LogP contribution in [0.4, 0.5) is 4.79 Å². The SMILES string of the molecule is CC(C)(C)OC(=O)N1CC2CC1CN(C(=O)CCl)C2. The molecule has 2 heterocycles. The molecular formula is C13H21ClN2O3. The van der Waals surface area contributed by atoms with Gasteiger partial charge in [-0.2, -0.15) is 0 Å². The van der Waals surface area contributed by atoms with Crippen molar-refractivity contribution in [3.05, 3.63) is 0 Å². The van der Waals surface area contributed by atoms with Gasteiger partial charge in [0.2, 0.25) is 5.91 Å². The van der Waals surface area contributed by atoms with Gasteiger partial charge in [-0.15, -0.1) is 11.6 Å². The molecule has 2 aliphatic heterocycles. The molecule has 2 aliphatic rings. The van der Waals surface area contributed by atoms with Crippen LogP contribution in [0, 0.1) is 5.92 Å². The van der Waals surface area contributed by atoms with E-state index in [1.807, 2.05) is 20.8 Å². The average molecular weight is 289 g/mol. The smallest absolute Gasteiger partial charge is 0.410 e. The quantitative estimate of drug-likeness (QED) is 0.690. The molecule has 2 fully saturated rings. The Morgan fingerprint density at radius 2 is 1.95 bits per heavy atom. The maximum atomic E-state index is 12.1. The number of hydrogen-bond acceptors (Lipinski definition) is 3. The van der Waals surface area contributed by atoms with E-state index in [4.69, 9.17) is 16.3 Å². The van der Waals surface area contributed by atoms with Crippen LogP contribution >= 0.6 is 11.6 Å². The standard InChI is InChI=1S/C13H21ClN2O3/c1-13(2,3)19-12(18)16-7-9-4-10(16)8-15(6-9)11(17)5-14/h9-10H,4-8H2,1-3H3. The van der Waals surface area contributed by atoms with Crippen LogP contribution in [-0.4, -0.2) is 59.0 Å². The van der Waals surface area contributed by atoms with E-state index in [1.54, 1.807) is 9.80 Å². The number of rotatable bonds is 1. The van der Waals surface area contributed by atoms with Gasteiger partial charge in [0, 0.05) is 19.6 Å². The predicted molar refractivity (Wildman–Crippen MR) is 72.1 cm³/mol. The van der Waals surface area contributed by atoms with E-state index < -0.39 is 5.60 Å². The van der Waals surface area contributed by atoms with Gasteiger partial charge in [-0.1, -0.05) is 0 Å². The lowest BCUT2D eigenvalue weighted by atomic mass is 10.00. The number of hydrogen-bond donors (Lipinski definition) is 0. The molecule has 0 saturated carbocycles. The van der Waals surface area contributed by atoms with Gasteiger partial charge in [0.1, 0.15) is 11.5 Å². The van der Waals surface area contributed by atoms with Crippen molar-refractivity contribution >= 4 is 23.6 Å². The third kappa shape index (κ3) is 3.32. The predicted octanol–water partition coefficient (Wildman–Crippen LogP) is 1.69. The van der Waals surface area contributed by atoms with E-state index in [0.29, 0.717) is 25.6 Å². The minimum Gasteiger partial charge on any atom is -0.444 e. The van der Waals surface area contributed by atoms with Crippen LogP contribution in [0.25, 0.3) is 0 Å². The maximum Gasteiger partial charge on any atom is 0.410 e. The van der Waals surface area contributed by atoms with Crippen LogP contribution < -0.4 is 0 Å². The van der Waals surface area contributed by atoms with Gasteiger partial charge in [0.05, 0.1) is 6.04 Å². The van der Waals surface area contributed by atoms with Gasteiger partial charge < -0.3 is 14.5 Å². The first-order chi connectivity index (χ1) is 8.80. The molecule has 2 rings (SSSR count). The summed E-state index contributed by atoms with van der Waals surface area (Å²) in [5.41, 5.74) is -0.487. The summed E-state index contributed by atoms with van der Waals surface area (Å²) in [4.78, 5) is 27.3. The van der Waals surface area contributed by atoms with Crippen molar-refractivity contribution in [3.63, 3.8) is 0 Å². The highest BCUT2D eigenvalue weighted by Crippen LogP contribution is 2.31. The summed E-state index contributed by atoms with van der Waals surface area (Å²) in [7, 11) is 0. The maximum absolute atomic E-state index is 12.1. The van der Waals surface area contributed by atoms with Gasteiger partial charge in [0.25, 0.3) is 0 Å². The zero-order valence-electron chi connectivity index (χ0n) is 11.7. The minimum atomic E-state index is -0.487. The van der Waals surface area contributed by atoms with E-state index in [1.165, 1.54) is 0 Å². The highest BCUT2D eigenvalue weighted by atomic mass is 35.5. The summed E-state index contributed by atoms with van der Waals surface area (Å²) in [6.45, 7) is 7.51. The lowest BCUT2D eigenvalue weighted by Crippen LogP contribution is -2.47. The van der Waals surface area contributed by atoms with E-state index in [-0.39, 0.29) is 23.9 Å². The zero-order valence-corrected chi connectivity index (χ0v) is 12.4. The fourth-order valence-corrected chi connectivity index (χ4v) is 2.96. The van der Waals surface area contributed by atoms with Crippen molar-refractivity contribution in [1.82, 2.24) is 9.80 Å². The van der Waals surface area contributed by atoms with Gasteiger partial charge in [0.15, 0.2) is 0 Å². The Morgan fingerprint density at radius 3 is 2.53 bits per heavy atom. The normalized spacial score (nSPS) is 26.5. The Balaban J connectivity index is 2.00. The first kappa shape index (κ1) is 14.4. The zero-order chi connectivity index (χ0) is 14.2. The number of halogens is 1. The number of amides is 2. The van der Waals surface area contributed by atoms with Crippen LogP contribution in [0.5, 0.6) is 0 Å². The van der Waals surface area contributed by atoms with E-state index in [9.17, 15) is 9.59 Å². The van der Waals surface area contributed by atoms with Gasteiger partial charge >= 0.3 is 6.09 Å². The third-order valence-corrected chi connectivity index (χ3v) is 3.73. The number of likely N-dealkylation sites (tertiary alicyclic amines) is 2. The Bertz CT molecular complexity index is 381. The Labute approximate surface area is 118 Å². The fraction of sp³-hybridized carbons (Fsp3) is 0.846. The first-order valence-corrected chi connectivity index (χ1v) is 7.17. The minimum absolute atomic E-state index is 0.00583. The second-order valence-corrected chi connectivity index (χ2v) is 6.59. The first-order valence-electron chi connectivity index (χ1n) is 6.63. The van der Waals surface area contributed by atoms with Gasteiger partial charge in [-0.05, 0) is 33.1 Å². The summed E-state index contributed by atoms with van der Waals surface area (Å²) in [5.74, 6) is 0.298. The molecule has 108 valence electrons. The highest BCUT2D eigenvalue weighted by molar-refractivity contribution is 6.27. The van der Waals surface area contributed by atoms with Crippen molar-refractivity contribution in [2.45, 2.75) is 38.8 Å². The number of piperidine rings is 1. The van der Waals surface area contributed by atoms with Crippen LogP contribution in [0.15, 0.2) is 0 Å². The molecule has 2 unspecified atom stereocenters. The molecule has 0 aromatic carbocycles. The molecule has 6 heteroatoms. The molecule has 0 aliphatic carbocycles. The van der Waals surface area contributed by atoms with E-state index in [0.717, 1.165) is 6.42 Å². The molecule has 2 amide bonds. The number of carbonyl (C=O) groups excluding carboxylic acids is 2. The highest BCUT2D eigenvalue weighted by Gasteiger charge is 2.43. The monoisotopic (exact) mass is 288 g/mol. The van der Waals surface area contributed by atoms with Crippen molar-refractivity contribution in [2.75, 3.05) is 25.5 Å². The van der Waals surface area contributed by atoms with Crippen LogP contribution in [0.3, 0.4) is 0 Å². The van der Waals surface area contributed by atoms with Crippen LogP contribution in [0.2, 0.25) is 0 Å². The molecule has 0 spiro atoms. The van der Waals surface area contributed by atoms with E-state index in [2.05, 4.69) is 0 Å². The van der Waals surface area contributed by atoms with Crippen LogP contribution in [-0.2, 0) is 9.53 Å². The molecular weight excluding hydrogens is 268 g/mol. The topological polar surface area (TPSA) is 49.9 Å². The van der Waals surface area contributed by atoms with Gasteiger partial charge in [-0.3, -0.25) is 4.79 Å². The lowest BCUT2D eigenvalue weighted by molar-refractivity contribution is -0.130. The molecule has 0 N–H and O–H groups in total. The van der Waals surface area contributed by atoms with Gasteiger partial charge in [-0.25, -0.2) is 4.79 Å². The van der Waals surface area contributed by atoms with Crippen LogP contribution in [0.1, 0.15) is 27.2 Å². The Hall–Kier alpha value is -0.970. The Kier molecular flexibility index (Phi) is 3.95. The molecule has 0 aromatic heterocycles. The molecule has 5 nitrogen and oxygen atoms in total. The number of fused-ring (bicyclic) bond motifs is 2. The summed E-state index contributed by atoms with van der Waals surface area (Å²) in [6.07, 6.45) is 0.672. The van der Waals surface area contributed by atoms with Crippen molar-refractivity contribution in [3.8, 4) is 0 Å². The van der Waals surface area contributed by atoms with E-state index >= 15 is 0 Å².